The highest BCUT2D eigenvalue weighted by Crippen LogP contribution is 2.29. The number of nitrogens with zero attached hydrogens (tertiary/aromatic N) is 2. The van der Waals surface area contributed by atoms with Gasteiger partial charge >= 0.3 is 5.97 Å². The molecule has 140 valence electrons. The van der Waals surface area contributed by atoms with E-state index in [4.69, 9.17) is 9.47 Å². The summed E-state index contributed by atoms with van der Waals surface area (Å²) in [6, 6.07) is 5.87. The van der Waals surface area contributed by atoms with Gasteiger partial charge in [-0.05, 0) is 38.1 Å². The number of fused-ring (bicyclic) bond motifs is 1. The number of ether oxygens (including phenoxy) is 2. The molecule has 3 rings (SSSR count). The zero-order valence-corrected chi connectivity index (χ0v) is 16.5. The van der Waals surface area contributed by atoms with Gasteiger partial charge in [0.05, 0.1) is 31.0 Å². The van der Waals surface area contributed by atoms with Gasteiger partial charge in [0.25, 0.3) is 0 Å². The van der Waals surface area contributed by atoms with Crippen molar-refractivity contribution in [2.45, 2.75) is 13.3 Å². The molecule has 2 aromatic rings. The third-order valence-corrected chi connectivity index (χ3v) is 4.88. The summed E-state index contributed by atoms with van der Waals surface area (Å²) < 4.78 is 11.5. The summed E-state index contributed by atoms with van der Waals surface area (Å²) in [5.41, 5.74) is 2.11. The first-order valence-electron chi connectivity index (χ1n) is 8.98. The number of nitrogens with one attached hydrogen (secondary N) is 1. The van der Waals surface area contributed by atoms with Crippen LogP contribution in [0.3, 0.4) is 0 Å². The lowest BCUT2D eigenvalue weighted by Crippen LogP contribution is -2.37. The highest BCUT2D eigenvalue weighted by Gasteiger charge is 2.17. The van der Waals surface area contributed by atoms with Crippen LogP contribution in [0.25, 0.3) is 10.9 Å². The van der Waals surface area contributed by atoms with Gasteiger partial charge in [0, 0.05) is 35.7 Å². The minimum atomic E-state index is -0.349. The van der Waals surface area contributed by atoms with Gasteiger partial charge in [-0.3, -0.25) is 9.88 Å². The van der Waals surface area contributed by atoms with Crippen LogP contribution in [0.5, 0.6) is 0 Å². The van der Waals surface area contributed by atoms with Gasteiger partial charge in [-0.15, -0.1) is 0 Å². The number of pyridine rings is 1. The van der Waals surface area contributed by atoms with E-state index >= 15 is 0 Å². The number of halogens is 1. The first-order chi connectivity index (χ1) is 12.7. The number of hydrogen-bond donors (Lipinski definition) is 1. The first kappa shape index (κ1) is 19.1. The number of esters is 1. The third kappa shape index (κ3) is 4.72. The summed E-state index contributed by atoms with van der Waals surface area (Å²) in [7, 11) is 0. The van der Waals surface area contributed by atoms with E-state index in [1.165, 1.54) is 0 Å². The molecule has 1 fully saturated rings. The van der Waals surface area contributed by atoms with E-state index in [1.807, 2.05) is 18.2 Å². The van der Waals surface area contributed by atoms with Crippen LogP contribution in [-0.4, -0.2) is 61.9 Å². The van der Waals surface area contributed by atoms with Crippen molar-refractivity contribution in [2.24, 2.45) is 0 Å². The van der Waals surface area contributed by atoms with E-state index in [0.717, 1.165) is 66.9 Å². The van der Waals surface area contributed by atoms with Gasteiger partial charge in [0.2, 0.25) is 0 Å². The smallest absolute Gasteiger partial charge is 0.341 e. The molecule has 1 N–H and O–H groups in total. The Labute approximate surface area is 162 Å². The number of anilines is 1. The average molecular weight is 422 g/mol. The molecule has 0 bridgehead atoms. The molecule has 0 saturated carbocycles. The molecule has 0 spiro atoms. The first-order valence-corrected chi connectivity index (χ1v) is 9.77. The molecular weight excluding hydrogens is 398 g/mol. The maximum Gasteiger partial charge on any atom is 0.341 e. The number of aromatic nitrogens is 1. The SMILES string of the molecule is CCOC(=O)c1cnc2ccc(Br)cc2c1NCCCN1CCOCC1. The fourth-order valence-electron chi connectivity index (χ4n) is 3.06. The molecule has 0 atom stereocenters. The molecule has 1 saturated heterocycles. The van der Waals surface area contributed by atoms with Crippen molar-refractivity contribution in [3.05, 3.63) is 34.4 Å². The van der Waals surface area contributed by atoms with Crippen molar-refractivity contribution >= 4 is 38.5 Å². The summed E-state index contributed by atoms with van der Waals surface area (Å²) >= 11 is 3.50. The Morgan fingerprint density at radius 1 is 1.38 bits per heavy atom. The minimum Gasteiger partial charge on any atom is -0.462 e. The van der Waals surface area contributed by atoms with Gasteiger partial charge in [-0.25, -0.2) is 4.79 Å². The van der Waals surface area contributed by atoms with Crippen LogP contribution in [0.2, 0.25) is 0 Å². The highest BCUT2D eigenvalue weighted by atomic mass is 79.9. The molecule has 0 unspecified atom stereocenters. The van der Waals surface area contributed by atoms with E-state index in [9.17, 15) is 4.79 Å². The molecule has 1 aliphatic heterocycles. The van der Waals surface area contributed by atoms with Gasteiger partial charge in [-0.1, -0.05) is 15.9 Å². The zero-order chi connectivity index (χ0) is 18.4. The Kier molecular flexibility index (Phi) is 6.82. The lowest BCUT2D eigenvalue weighted by Gasteiger charge is -2.26. The molecule has 1 aromatic carbocycles. The highest BCUT2D eigenvalue weighted by molar-refractivity contribution is 9.10. The Bertz CT molecular complexity index is 763. The molecule has 26 heavy (non-hydrogen) atoms. The standard InChI is InChI=1S/C19H24BrN3O3/c1-2-26-19(24)16-13-22-17-5-4-14(20)12-15(17)18(16)21-6-3-7-23-8-10-25-11-9-23/h4-5,12-13H,2-3,6-11H2,1H3,(H,21,22). The van der Waals surface area contributed by atoms with Crippen molar-refractivity contribution in [2.75, 3.05) is 51.3 Å². The second kappa shape index (κ2) is 9.30. The number of carbonyl (C=O) groups is 1. The lowest BCUT2D eigenvalue weighted by molar-refractivity contribution is 0.0378. The van der Waals surface area contributed by atoms with E-state index in [1.54, 1.807) is 13.1 Å². The van der Waals surface area contributed by atoms with Crippen LogP contribution in [0.1, 0.15) is 23.7 Å². The van der Waals surface area contributed by atoms with Crippen LogP contribution in [0.4, 0.5) is 5.69 Å². The largest absolute Gasteiger partial charge is 0.462 e. The number of carbonyl (C=O) groups excluding carboxylic acids is 1. The number of morpholine rings is 1. The predicted molar refractivity (Wildman–Crippen MR) is 106 cm³/mol. The van der Waals surface area contributed by atoms with E-state index < -0.39 is 0 Å². The Morgan fingerprint density at radius 2 is 2.19 bits per heavy atom. The zero-order valence-electron chi connectivity index (χ0n) is 15.0. The van der Waals surface area contributed by atoms with Gasteiger partial charge in [0.1, 0.15) is 5.56 Å². The predicted octanol–water partition coefficient (Wildman–Crippen LogP) is 3.31. The third-order valence-electron chi connectivity index (χ3n) is 4.38. The quantitative estimate of drug-likeness (QED) is 0.546. The molecule has 1 aromatic heterocycles. The fraction of sp³-hybridized carbons (Fsp3) is 0.474. The Morgan fingerprint density at radius 3 is 2.96 bits per heavy atom. The maximum atomic E-state index is 12.3. The molecule has 1 aliphatic rings. The van der Waals surface area contributed by atoms with Crippen molar-refractivity contribution in [1.29, 1.82) is 0 Å². The van der Waals surface area contributed by atoms with E-state index in [0.29, 0.717) is 12.2 Å². The van der Waals surface area contributed by atoms with Crippen LogP contribution in [-0.2, 0) is 9.47 Å². The Hall–Kier alpha value is -1.70. The van der Waals surface area contributed by atoms with Crippen LogP contribution >= 0.6 is 15.9 Å². The van der Waals surface area contributed by atoms with Crippen LogP contribution in [0, 0.1) is 0 Å². The number of benzene rings is 1. The van der Waals surface area contributed by atoms with Gasteiger partial charge in [-0.2, -0.15) is 0 Å². The Balaban J connectivity index is 1.75. The van der Waals surface area contributed by atoms with Crippen molar-refractivity contribution in [3.63, 3.8) is 0 Å². The maximum absolute atomic E-state index is 12.3. The molecule has 0 aliphatic carbocycles. The summed E-state index contributed by atoms with van der Waals surface area (Å²) in [6.07, 6.45) is 2.58. The molecule has 2 heterocycles. The number of rotatable bonds is 7. The average Bonchev–Trinajstić information content (AvgIpc) is 2.66. The van der Waals surface area contributed by atoms with Gasteiger partial charge < -0.3 is 14.8 Å². The molecule has 6 nitrogen and oxygen atoms in total. The van der Waals surface area contributed by atoms with Crippen LogP contribution < -0.4 is 5.32 Å². The normalized spacial score (nSPS) is 15.2. The summed E-state index contributed by atoms with van der Waals surface area (Å²) in [5, 5.41) is 4.36. The molecule has 7 heteroatoms. The second-order valence-electron chi connectivity index (χ2n) is 6.16. The summed E-state index contributed by atoms with van der Waals surface area (Å²) in [5.74, 6) is -0.349. The molecular formula is C19H24BrN3O3. The van der Waals surface area contributed by atoms with Crippen LogP contribution in [0.15, 0.2) is 28.9 Å². The summed E-state index contributed by atoms with van der Waals surface area (Å²) in [6.45, 7) is 7.52. The molecule has 0 amide bonds. The lowest BCUT2D eigenvalue weighted by atomic mass is 10.1. The monoisotopic (exact) mass is 421 g/mol. The van der Waals surface area contributed by atoms with E-state index in [-0.39, 0.29) is 5.97 Å². The van der Waals surface area contributed by atoms with Crippen molar-refractivity contribution in [3.8, 4) is 0 Å². The topological polar surface area (TPSA) is 63.7 Å². The fourth-order valence-corrected chi connectivity index (χ4v) is 3.42. The second-order valence-corrected chi connectivity index (χ2v) is 7.08. The van der Waals surface area contributed by atoms with Crippen molar-refractivity contribution < 1.29 is 14.3 Å². The number of hydrogen-bond acceptors (Lipinski definition) is 6. The van der Waals surface area contributed by atoms with E-state index in [2.05, 4.69) is 31.1 Å². The summed E-state index contributed by atoms with van der Waals surface area (Å²) in [4.78, 5) is 19.1. The van der Waals surface area contributed by atoms with Gasteiger partial charge in [0.15, 0.2) is 0 Å². The molecule has 0 radical (unpaired) electrons. The van der Waals surface area contributed by atoms with Crippen molar-refractivity contribution in [1.82, 2.24) is 9.88 Å². The minimum absolute atomic E-state index is 0.339.